The highest BCUT2D eigenvalue weighted by Crippen LogP contribution is 2.26. The number of likely N-dealkylation sites (N-methyl/N-ethyl adjacent to an activating group) is 1. The van der Waals surface area contributed by atoms with Gasteiger partial charge < -0.3 is 45.1 Å². The molecular weight excluding hydrogens is 959 g/mol. The smallest absolute Gasteiger partial charge is 0.329 e. The Labute approximate surface area is 448 Å². The van der Waals surface area contributed by atoms with Crippen LogP contribution in [0.4, 0.5) is 0 Å². The van der Waals surface area contributed by atoms with Crippen molar-refractivity contribution in [3.63, 3.8) is 0 Å². The van der Waals surface area contributed by atoms with Crippen molar-refractivity contribution in [2.45, 2.75) is 239 Å². The molecule has 75 heavy (non-hydrogen) atoms. The number of Topliss-reactive ketones (excluding diaryl/α,β-unsaturated/α-hetero) is 1. The fourth-order valence-corrected chi connectivity index (χ4v) is 10.0. The van der Waals surface area contributed by atoms with Gasteiger partial charge in [0.15, 0.2) is 11.9 Å². The molecule has 17 heteroatoms. The first kappa shape index (κ1) is 64.2. The molecule has 0 unspecified atom stereocenters. The molecule has 3 rings (SSSR count). The van der Waals surface area contributed by atoms with Crippen LogP contribution in [0.3, 0.4) is 0 Å². The molecule has 4 N–H and O–H groups in total. The number of fused-ring (bicyclic) bond motifs is 1. The van der Waals surface area contributed by atoms with Gasteiger partial charge in [-0.05, 0) is 75.0 Å². The number of ether oxygens (including phenoxy) is 3. The molecule has 2 aliphatic heterocycles. The summed E-state index contributed by atoms with van der Waals surface area (Å²) in [5, 5.41) is 20.1. The van der Waals surface area contributed by atoms with Gasteiger partial charge in [0.1, 0.15) is 36.0 Å². The third-order valence-corrected chi connectivity index (χ3v) is 15.0. The minimum absolute atomic E-state index is 0.0333. The summed E-state index contributed by atoms with van der Waals surface area (Å²) in [6.45, 7) is 15.9. The van der Waals surface area contributed by atoms with Gasteiger partial charge in [0.25, 0.3) is 0 Å². The first-order valence-electron chi connectivity index (χ1n) is 28.4. The average molecular weight is 1050 g/mol. The van der Waals surface area contributed by atoms with Crippen LogP contribution in [0.15, 0.2) is 24.3 Å². The van der Waals surface area contributed by atoms with Gasteiger partial charge in [0.05, 0.1) is 31.6 Å². The Morgan fingerprint density at radius 2 is 1.39 bits per heavy atom. The summed E-state index contributed by atoms with van der Waals surface area (Å²) in [6, 6.07) is 0.958. The Kier molecular flexibility index (Phi) is 28.4. The minimum Gasteiger partial charge on any atom is -0.497 e. The monoisotopic (exact) mass is 1050 g/mol. The van der Waals surface area contributed by atoms with Crippen molar-refractivity contribution in [1.82, 2.24) is 25.8 Å². The van der Waals surface area contributed by atoms with Crippen molar-refractivity contribution in [1.29, 1.82) is 0 Å². The van der Waals surface area contributed by atoms with Gasteiger partial charge >= 0.3 is 11.9 Å². The number of hydrogen-bond donors (Lipinski definition) is 4. The Morgan fingerprint density at radius 3 is 1.93 bits per heavy atom. The molecule has 2 fully saturated rings. The summed E-state index contributed by atoms with van der Waals surface area (Å²) in [4.78, 5) is 117. The zero-order valence-corrected chi connectivity index (χ0v) is 47.4. The summed E-state index contributed by atoms with van der Waals surface area (Å²) in [7, 11) is 2.98. The maximum absolute atomic E-state index is 14.8. The van der Waals surface area contributed by atoms with E-state index in [9.17, 15) is 43.5 Å². The van der Waals surface area contributed by atoms with Crippen molar-refractivity contribution in [3.8, 4) is 5.75 Å². The lowest BCUT2D eigenvalue weighted by atomic mass is 9.91. The molecule has 1 aromatic carbocycles. The largest absolute Gasteiger partial charge is 0.497 e. The molecule has 0 radical (unpaired) electrons. The number of esters is 2. The number of nitrogens with zero attached hydrogens (tertiary/aromatic N) is 2. The average Bonchev–Trinajstić information content (AvgIpc) is 3.87. The van der Waals surface area contributed by atoms with Gasteiger partial charge in [0.2, 0.25) is 29.5 Å². The van der Waals surface area contributed by atoms with E-state index >= 15 is 0 Å². The molecule has 424 valence electrons. The third kappa shape index (κ3) is 20.8. The number of cyclic esters (lactones) is 2. The van der Waals surface area contributed by atoms with E-state index in [4.69, 9.17) is 14.2 Å². The molecule has 10 atom stereocenters. The van der Waals surface area contributed by atoms with Gasteiger partial charge in [-0.1, -0.05) is 144 Å². The molecule has 1 aromatic rings. The first-order valence-corrected chi connectivity index (χ1v) is 28.4. The topological polar surface area (TPSA) is 227 Å². The van der Waals surface area contributed by atoms with E-state index in [0.717, 1.165) is 25.7 Å². The van der Waals surface area contributed by atoms with E-state index in [1.165, 1.54) is 89.2 Å². The number of rotatable bonds is 23. The van der Waals surface area contributed by atoms with Gasteiger partial charge in [-0.25, -0.2) is 4.79 Å². The van der Waals surface area contributed by atoms with Crippen LogP contribution in [-0.2, 0) is 54.3 Å². The predicted molar refractivity (Wildman–Crippen MR) is 288 cm³/mol. The third-order valence-electron chi connectivity index (χ3n) is 15.0. The molecule has 2 aliphatic rings. The lowest BCUT2D eigenvalue weighted by Gasteiger charge is -2.35. The van der Waals surface area contributed by atoms with Crippen LogP contribution in [0.5, 0.6) is 5.75 Å². The van der Waals surface area contributed by atoms with Crippen molar-refractivity contribution >= 4 is 47.3 Å². The van der Waals surface area contributed by atoms with Gasteiger partial charge in [-0.15, -0.1) is 0 Å². The van der Waals surface area contributed by atoms with Crippen LogP contribution in [0.1, 0.15) is 190 Å². The summed E-state index contributed by atoms with van der Waals surface area (Å²) >= 11 is 0. The molecule has 0 spiro atoms. The van der Waals surface area contributed by atoms with Crippen molar-refractivity contribution in [3.05, 3.63) is 29.8 Å². The zero-order chi connectivity index (χ0) is 55.8. The van der Waals surface area contributed by atoms with E-state index in [0.29, 0.717) is 30.6 Å². The van der Waals surface area contributed by atoms with Crippen LogP contribution in [-0.4, -0.2) is 131 Å². The number of aliphatic hydroxyl groups excluding tert-OH is 1. The number of amides is 5. The first-order chi connectivity index (χ1) is 35.6. The summed E-state index contributed by atoms with van der Waals surface area (Å²) in [5.74, 6) is -7.50. The number of carbonyl (C=O) groups is 8. The Bertz CT molecular complexity index is 1980. The van der Waals surface area contributed by atoms with Crippen LogP contribution in [0.2, 0.25) is 0 Å². The maximum Gasteiger partial charge on any atom is 0.329 e. The van der Waals surface area contributed by atoms with E-state index < -0.39 is 120 Å². The number of nitrogens with one attached hydrogen (secondary N) is 3. The molecule has 2 saturated heterocycles. The quantitative estimate of drug-likeness (QED) is 0.0473. The second-order valence-corrected chi connectivity index (χ2v) is 22.0. The van der Waals surface area contributed by atoms with Crippen LogP contribution < -0.4 is 20.7 Å². The number of carbonyl (C=O) groups excluding carboxylic acids is 8. The summed E-state index contributed by atoms with van der Waals surface area (Å²) in [5.41, 5.74) is 0.647. The fraction of sp³-hybridized carbons (Fsp3) is 0.759. The number of unbranched alkanes of at least 4 members (excludes halogenated alkanes) is 12. The number of benzene rings is 1. The molecule has 0 saturated carbocycles. The molecule has 0 aliphatic carbocycles. The molecule has 0 bridgehead atoms. The number of ketones is 1. The molecule has 2 heterocycles. The van der Waals surface area contributed by atoms with Gasteiger partial charge in [-0.3, -0.25) is 33.6 Å². The fourth-order valence-electron chi connectivity index (χ4n) is 10.0. The predicted octanol–water partition coefficient (Wildman–Crippen LogP) is 7.55. The van der Waals surface area contributed by atoms with Gasteiger partial charge in [-0.2, -0.15) is 0 Å². The summed E-state index contributed by atoms with van der Waals surface area (Å²) < 4.78 is 17.2. The molecule has 0 aromatic heterocycles. The van der Waals surface area contributed by atoms with Gasteiger partial charge in [0, 0.05) is 26.4 Å². The SMILES string of the molecule is CCCCCCCCCCCCCCCC(=O)N[C@@H]1C(=O)N[C@H]([C@@H](C)CC)[C@@H](O)CC(=O)O[C@@H](C(C)C)C(=O)[C@H](C)C(=O)N[C@@H](CC(C)C)C(=O)N2CCC[C@H]2C(=O)N(C)[C@@H](Cc2ccc(OC)cc2)C(=O)O[C@@H]1C. The molecule has 5 amide bonds. The maximum atomic E-state index is 14.8. The van der Waals surface area contributed by atoms with E-state index in [-0.39, 0.29) is 38.1 Å². The lowest BCUT2D eigenvalue weighted by molar-refractivity contribution is -0.163. The van der Waals surface area contributed by atoms with Crippen LogP contribution in [0.25, 0.3) is 0 Å². The van der Waals surface area contributed by atoms with E-state index in [2.05, 4.69) is 22.9 Å². The highest BCUT2D eigenvalue weighted by atomic mass is 16.6. The lowest BCUT2D eigenvalue weighted by Crippen LogP contribution is -2.59. The molecule has 17 nitrogen and oxygen atoms in total. The standard InChI is InChI=1S/C58H95N5O12/c1-12-14-15-16-17-18-19-20-21-22-23-24-25-28-48(65)60-51-41(9)74-58(72)46(35-42-29-31-43(73-11)32-30-42)62(10)57(71)45-27-26-33-63(45)56(70)44(34-37(3)4)59-54(68)40(8)52(67)53(38(5)6)75-49(66)36-47(64)50(39(7)13-2)61-55(51)69/h29-32,37-41,44-47,50-51,53,64H,12-28,33-36H2,1-11H3,(H,59,68)(H,60,65)(H,61,69)/t39-,40-,41+,44-,45-,46-,47-,50+,51-,53-/m0/s1. The number of aliphatic hydroxyl groups is 1. The highest BCUT2D eigenvalue weighted by Gasteiger charge is 2.44. The Balaban J connectivity index is 2.03. The highest BCUT2D eigenvalue weighted by molar-refractivity contribution is 6.05. The number of methoxy groups -OCH3 is 1. The Hall–Kier alpha value is -5.06. The van der Waals surface area contributed by atoms with Crippen LogP contribution in [0, 0.1) is 23.7 Å². The van der Waals surface area contributed by atoms with E-state index in [1.54, 1.807) is 45.0 Å². The second kappa shape index (κ2) is 33.2. The normalized spacial score (nSPS) is 25.6. The number of hydrogen-bond acceptors (Lipinski definition) is 12. The van der Waals surface area contributed by atoms with Crippen molar-refractivity contribution < 1.29 is 57.7 Å². The Morgan fingerprint density at radius 1 is 0.800 bits per heavy atom. The van der Waals surface area contributed by atoms with E-state index in [1.807, 2.05) is 20.8 Å². The zero-order valence-electron chi connectivity index (χ0n) is 47.4. The summed E-state index contributed by atoms with van der Waals surface area (Å²) in [6.07, 6.45) is 11.2. The van der Waals surface area contributed by atoms with Crippen molar-refractivity contribution in [2.24, 2.45) is 23.7 Å². The minimum atomic E-state index is -1.53. The second-order valence-electron chi connectivity index (χ2n) is 22.0. The molecular formula is C58H95N5O12. The van der Waals surface area contributed by atoms with Crippen molar-refractivity contribution in [2.75, 3.05) is 20.7 Å². The van der Waals surface area contributed by atoms with Crippen LogP contribution >= 0.6 is 0 Å².